The predicted molar refractivity (Wildman–Crippen MR) is 124 cm³/mol. The highest BCUT2D eigenvalue weighted by Gasteiger charge is 2.23. The molecule has 1 saturated heterocycles. The third kappa shape index (κ3) is 4.23. The van der Waals surface area contributed by atoms with Crippen molar-refractivity contribution in [3.63, 3.8) is 0 Å². The molecule has 1 fully saturated rings. The van der Waals surface area contributed by atoms with Gasteiger partial charge >= 0.3 is 0 Å². The zero-order valence-corrected chi connectivity index (χ0v) is 19.1. The predicted octanol–water partition coefficient (Wildman–Crippen LogP) is 3.65. The van der Waals surface area contributed by atoms with Gasteiger partial charge in [-0.05, 0) is 34.5 Å². The van der Waals surface area contributed by atoms with E-state index in [2.05, 4.69) is 44.4 Å². The van der Waals surface area contributed by atoms with Gasteiger partial charge < -0.3 is 4.90 Å². The molecule has 0 atom stereocenters. The molecule has 1 aliphatic heterocycles. The van der Waals surface area contributed by atoms with E-state index in [9.17, 15) is 8.42 Å². The van der Waals surface area contributed by atoms with E-state index in [1.54, 1.807) is 6.07 Å². The van der Waals surface area contributed by atoms with Crippen molar-refractivity contribution in [1.82, 2.24) is 14.2 Å². The molecule has 0 N–H and O–H groups in total. The standard InChI is InChI=1S/C22H28N4O2S2/c1-3-26(4-2)30(27,28)19-9-10-22(23-15-19)25-13-11-24(12-14-25)16-18-17-29-21-8-6-5-7-20(18)21/h5-10,15,17H,3-4,11-14,16H2,1-2H3. The molecule has 0 spiro atoms. The molecule has 3 aromatic rings. The molecular weight excluding hydrogens is 416 g/mol. The molecule has 6 nitrogen and oxygen atoms in total. The minimum Gasteiger partial charge on any atom is -0.354 e. The molecule has 2 aromatic heterocycles. The van der Waals surface area contributed by atoms with E-state index in [1.807, 2.05) is 31.3 Å². The number of pyridine rings is 1. The maximum Gasteiger partial charge on any atom is 0.244 e. The number of aromatic nitrogens is 1. The summed E-state index contributed by atoms with van der Waals surface area (Å²) in [6.45, 7) is 9.28. The van der Waals surface area contributed by atoms with E-state index in [-0.39, 0.29) is 4.90 Å². The summed E-state index contributed by atoms with van der Waals surface area (Å²) in [6.07, 6.45) is 1.49. The first-order valence-corrected chi connectivity index (χ1v) is 12.7. The van der Waals surface area contributed by atoms with Gasteiger partial charge in [0.1, 0.15) is 10.7 Å². The average molecular weight is 445 g/mol. The lowest BCUT2D eigenvalue weighted by Gasteiger charge is -2.35. The van der Waals surface area contributed by atoms with Crippen LogP contribution in [0, 0.1) is 0 Å². The number of benzene rings is 1. The second-order valence-electron chi connectivity index (χ2n) is 7.46. The van der Waals surface area contributed by atoms with Crippen LogP contribution in [0.15, 0.2) is 52.9 Å². The SMILES string of the molecule is CCN(CC)S(=O)(=O)c1ccc(N2CCN(Cc3csc4ccccc34)CC2)nc1. The van der Waals surface area contributed by atoms with Gasteiger partial charge in [-0.3, -0.25) is 4.90 Å². The van der Waals surface area contributed by atoms with E-state index in [1.165, 1.54) is 26.2 Å². The number of hydrogen-bond acceptors (Lipinski definition) is 6. The fourth-order valence-corrected chi connectivity index (χ4v) is 6.31. The second-order valence-corrected chi connectivity index (χ2v) is 10.3. The first-order chi connectivity index (χ1) is 14.5. The van der Waals surface area contributed by atoms with Crippen molar-refractivity contribution in [2.45, 2.75) is 25.3 Å². The number of piperazine rings is 1. The highest BCUT2D eigenvalue weighted by molar-refractivity contribution is 7.89. The summed E-state index contributed by atoms with van der Waals surface area (Å²) in [4.78, 5) is 9.44. The van der Waals surface area contributed by atoms with Gasteiger partial charge in [-0.15, -0.1) is 11.3 Å². The summed E-state index contributed by atoms with van der Waals surface area (Å²) < 4.78 is 28.1. The van der Waals surface area contributed by atoms with Crippen LogP contribution < -0.4 is 4.90 Å². The van der Waals surface area contributed by atoms with Crippen molar-refractivity contribution < 1.29 is 8.42 Å². The van der Waals surface area contributed by atoms with Crippen LogP contribution in [0.5, 0.6) is 0 Å². The third-order valence-electron chi connectivity index (χ3n) is 5.72. The van der Waals surface area contributed by atoms with Crippen molar-refractivity contribution >= 4 is 37.3 Å². The Morgan fingerprint density at radius 3 is 2.43 bits per heavy atom. The van der Waals surface area contributed by atoms with Gasteiger partial charge in [0.2, 0.25) is 10.0 Å². The molecule has 1 aromatic carbocycles. The summed E-state index contributed by atoms with van der Waals surface area (Å²) >= 11 is 1.81. The van der Waals surface area contributed by atoms with Crippen LogP contribution >= 0.6 is 11.3 Å². The highest BCUT2D eigenvalue weighted by atomic mass is 32.2. The fraction of sp³-hybridized carbons (Fsp3) is 0.409. The molecule has 0 saturated carbocycles. The lowest BCUT2D eigenvalue weighted by molar-refractivity contribution is 0.250. The van der Waals surface area contributed by atoms with Crippen LogP contribution in [0.3, 0.4) is 0 Å². The topological polar surface area (TPSA) is 56.8 Å². The van der Waals surface area contributed by atoms with E-state index >= 15 is 0 Å². The molecule has 30 heavy (non-hydrogen) atoms. The number of sulfonamides is 1. The summed E-state index contributed by atoms with van der Waals surface area (Å²) in [6, 6.07) is 12.1. The molecule has 1 aliphatic rings. The Morgan fingerprint density at radius 1 is 1.03 bits per heavy atom. The van der Waals surface area contributed by atoms with Crippen LogP contribution in [0.25, 0.3) is 10.1 Å². The first-order valence-electron chi connectivity index (χ1n) is 10.4. The van der Waals surface area contributed by atoms with Crippen LogP contribution in [0.2, 0.25) is 0 Å². The summed E-state index contributed by atoms with van der Waals surface area (Å²) in [5.41, 5.74) is 1.40. The third-order valence-corrected chi connectivity index (χ3v) is 8.76. The number of anilines is 1. The van der Waals surface area contributed by atoms with Crippen LogP contribution in [-0.4, -0.2) is 61.9 Å². The van der Waals surface area contributed by atoms with Crippen LogP contribution in [0.1, 0.15) is 19.4 Å². The normalized spacial score (nSPS) is 15.9. The zero-order chi connectivity index (χ0) is 21.1. The second kappa shape index (κ2) is 9.01. The van der Waals surface area contributed by atoms with Gasteiger partial charge in [-0.25, -0.2) is 13.4 Å². The highest BCUT2D eigenvalue weighted by Crippen LogP contribution is 2.27. The molecule has 0 aliphatic carbocycles. The van der Waals surface area contributed by atoms with E-state index in [0.717, 1.165) is 38.5 Å². The summed E-state index contributed by atoms with van der Waals surface area (Å²) in [5.74, 6) is 0.842. The maximum absolute atomic E-state index is 12.6. The van der Waals surface area contributed by atoms with Gasteiger partial charge in [0, 0.05) is 56.7 Å². The van der Waals surface area contributed by atoms with Crippen molar-refractivity contribution in [1.29, 1.82) is 0 Å². The molecule has 8 heteroatoms. The number of rotatable bonds is 7. The molecule has 0 bridgehead atoms. The molecule has 0 radical (unpaired) electrons. The number of fused-ring (bicyclic) bond motifs is 1. The van der Waals surface area contributed by atoms with Gasteiger partial charge in [0.05, 0.1) is 0 Å². The minimum absolute atomic E-state index is 0.262. The van der Waals surface area contributed by atoms with Gasteiger partial charge in [-0.1, -0.05) is 32.0 Å². The molecule has 0 amide bonds. The largest absolute Gasteiger partial charge is 0.354 e. The fourth-order valence-electron chi connectivity index (χ4n) is 3.96. The quantitative estimate of drug-likeness (QED) is 0.557. The summed E-state index contributed by atoms with van der Waals surface area (Å²) in [5, 5.41) is 3.63. The van der Waals surface area contributed by atoms with Crippen molar-refractivity contribution in [2.24, 2.45) is 0 Å². The van der Waals surface area contributed by atoms with Crippen molar-refractivity contribution in [3.8, 4) is 0 Å². The lowest BCUT2D eigenvalue weighted by Crippen LogP contribution is -2.46. The summed E-state index contributed by atoms with van der Waals surface area (Å²) in [7, 11) is -3.46. The Kier molecular flexibility index (Phi) is 6.38. The Bertz CT molecular complexity index is 1080. The van der Waals surface area contributed by atoms with Crippen molar-refractivity contribution in [2.75, 3.05) is 44.2 Å². The minimum atomic E-state index is -3.46. The zero-order valence-electron chi connectivity index (χ0n) is 17.5. The smallest absolute Gasteiger partial charge is 0.244 e. The van der Waals surface area contributed by atoms with E-state index < -0.39 is 10.0 Å². The maximum atomic E-state index is 12.6. The Labute approximate surface area is 182 Å². The Hall–Kier alpha value is -2.00. The first kappa shape index (κ1) is 21.2. The molecule has 4 rings (SSSR count). The Balaban J connectivity index is 1.38. The number of hydrogen-bond donors (Lipinski definition) is 0. The van der Waals surface area contributed by atoms with Gasteiger partial charge in [-0.2, -0.15) is 4.31 Å². The number of thiophene rings is 1. The van der Waals surface area contributed by atoms with E-state index in [0.29, 0.717) is 13.1 Å². The average Bonchev–Trinajstić information content (AvgIpc) is 3.18. The van der Waals surface area contributed by atoms with Crippen LogP contribution in [0.4, 0.5) is 5.82 Å². The molecular formula is C22H28N4O2S2. The molecule has 160 valence electrons. The van der Waals surface area contributed by atoms with Crippen LogP contribution in [-0.2, 0) is 16.6 Å². The van der Waals surface area contributed by atoms with Crippen molar-refractivity contribution in [3.05, 3.63) is 53.5 Å². The molecule has 0 unspecified atom stereocenters. The Morgan fingerprint density at radius 2 is 1.77 bits per heavy atom. The monoisotopic (exact) mass is 444 g/mol. The lowest BCUT2D eigenvalue weighted by atomic mass is 10.1. The van der Waals surface area contributed by atoms with Gasteiger partial charge in [0.25, 0.3) is 0 Å². The van der Waals surface area contributed by atoms with Gasteiger partial charge in [0.15, 0.2) is 0 Å². The number of nitrogens with zero attached hydrogens (tertiary/aromatic N) is 4. The molecule has 3 heterocycles. The van der Waals surface area contributed by atoms with E-state index in [4.69, 9.17) is 0 Å².